The number of hydrogen-bond donors (Lipinski definition) is 8. The molecular weight excluding hydrogens is 977 g/mol. The van der Waals surface area contributed by atoms with E-state index >= 15 is 0 Å². The van der Waals surface area contributed by atoms with E-state index in [0.29, 0.717) is 109 Å². The Balaban J connectivity index is 0.000000289. The number of aliphatic hydroxyl groups is 2. The molecule has 0 radical (unpaired) electrons. The van der Waals surface area contributed by atoms with Gasteiger partial charge >= 0.3 is 11.9 Å². The molecule has 0 spiro atoms. The van der Waals surface area contributed by atoms with Gasteiger partial charge in [0.1, 0.15) is 11.5 Å². The number of aliphatic hydroxyl groups excluding tert-OH is 2. The number of nitrogens with one attached hydrogen (secondary N) is 4. The summed E-state index contributed by atoms with van der Waals surface area (Å²) < 4.78 is 42.9. The molecule has 0 amide bonds. The minimum Gasteiger partial charge on any atom is -0.507 e. The number of esters is 2. The lowest BCUT2D eigenvalue weighted by Crippen LogP contribution is -2.32. The van der Waals surface area contributed by atoms with Crippen molar-refractivity contribution in [2.75, 3.05) is 158 Å². The van der Waals surface area contributed by atoms with Gasteiger partial charge in [0.25, 0.3) is 0 Å². The van der Waals surface area contributed by atoms with Crippen LogP contribution in [0.15, 0.2) is 48.5 Å². The van der Waals surface area contributed by atoms with E-state index in [4.69, 9.17) is 48.1 Å². The third kappa shape index (κ3) is 15.7. The van der Waals surface area contributed by atoms with Crippen molar-refractivity contribution in [1.82, 2.24) is 20.4 Å². The third-order valence-corrected chi connectivity index (χ3v) is 12.3. The quantitative estimate of drug-likeness (QED) is 0.0203. The fourth-order valence-electron chi connectivity index (χ4n) is 8.58. The number of fused-ring (bicyclic) bond motifs is 2. The van der Waals surface area contributed by atoms with Gasteiger partial charge in [-0.15, -0.1) is 0 Å². The van der Waals surface area contributed by atoms with Crippen molar-refractivity contribution in [1.29, 1.82) is 0 Å². The molecule has 0 aromatic heterocycles. The van der Waals surface area contributed by atoms with Gasteiger partial charge in [-0.2, -0.15) is 0 Å². The zero-order valence-electron chi connectivity index (χ0n) is 43.6. The van der Waals surface area contributed by atoms with Gasteiger partial charge < -0.3 is 89.4 Å². The second kappa shape index (κ2) is 30.3. The average molecular weight is 1050 g/mol. The number of methoxy groups -OCH3 is 6. The van der Waals surface area contributed by atoms with Crippen LogP contribution in [0.3, 0.4) is 0 Å². The maximum atomic E-state index is 13.4. The van der Waals surface area contributed by atoms with Crippen LogP contribution in [0.1, 0.15) is 71.8 Å². The van der Waals surface area contributed by atoms with E-state index in [1.54, 1.807) is 36.4 Å². The van der Waals surface area contributed by atoms with Crippen molar-refractivity contribution in [3.05, 3.63) is 81.9 Å². The zero-order valence-corrected chi connectivity index (χ0v) is 43.6. The summed E-state index contributed by atoms with van der Waals surface area (Å²) in [5, 5.41) is 50.6. The van der Waals surface area contributed by atoms with Crippen molar-refractivity contribution in [2.45, 2.75) is 19.3 Å². The largest absolute Gasteiger partial charge is 0.507 e. The minimum atomic E-state index is -0.559. The van der Waals surface area contributed by atoms with Gasteiger partial charge in [-0.05, 0) is 80.9 Å². The van der Waals surface area contributed by atoms with Crippen LogP contribution < -0.4 is 49.7 Å². The first-order chi connectivity index (χ1) is 36.4. The van der Waals surface area contributed by atoms with E-state index < -0.39 is 23.5 Å². The smallest absolute Gasteiger partial charge is 0.338 e. The Morgan fingerprint density at radius 2 is 0.880 bits per heavy atom. The molecule has 4 aromatic rings. The Bertz CT molecular complexity index is 2320. The minimum absolute atomic E-state index is 0.00939. The summed E-state index contributed by atoms with van der Waals surface area (Å²) in [5.74, 6) is -0.278. The fraction of sp³-hybridized carbons (Fsp3) is 0.472. The van der Waals surface area contributed by atoms with E-state index in [9.17, 15) is 29.4 Å². The lowest BCUT2D eigenvalue weighted by atomic mass is 9.81. The average Bonchev–Trinajstić information content (AvgIpc) is 3.66. The van der Waals surface area contributed by atoms with Crippen LogP contribution in [0.4, 0.5) is 11.4 Å². The number of phenols is 2. The monoisotopic (exact) mass is 1050 g/mol. The van der Waals surface area contributed by atoms with E-state index in [1.165, 1.54) is 54.8 Å². The molecule has 22 nitrogen and oxygen atoms in total. The lowest BCUT2D eigenvalue weighted by molar-refractivity contribution is 0.0475. The van der Waals surface area contributed by atoms with Gasteiger partial charge in [0, 0.05) is 76.8 Å². The first-order valence-corrected chi connectivity index (χ1v) is 24.7. The molecule has 75 heavy (non-hydrogen) atoms. The first kappa shape index (κ1) is 58.8. The van der Waals surface area contributed by atoms with Crippen molar-refractivity contribution in [3.8, 4) is 46.0 Å². The molecule has 6 rings (SSSR count). The maximum Gasteiger partial charge on any atom is 0.338 e. The van der Waals surface area contributed by atoms with Crippen LogP contribution in [-0.2, 0) is 9.47 Å². The van der Waals surface area contributed by atoms with Gasteiger partial charge in [-0.25, -0.2) is 9.59 Å². The molecule has 0 saturated carbocycles. The van der Waals surface area contributed by atoms with Crippen LogP contribution >= 0.6 is 0 Å². The summed E-state index contributed by atoms with van der Waals surface area (Å²) in [6, 6.07) is 12.1. The van der Waals surface area contributed by atoms with Crippen LogP contribution in [0, 0.1) is 0 Å². The highest BCUT2D eigenvalue weighted by Crippen LogP contribution is 2.43. The molecule has 22 heteroatoms. The number of phenolic OH excluding ortho intramolecular Hbond substituents is 2. The summed E-state index contributed by atoms with van der Waals surface area (Å²) in [5.41, 5.74) is 1.36. The van der Waals surface area contributed by atoms with Gasteiger partial charge in [-0.1, -0.05) is 0 Å². The van der Waals surface area contributed by atoms with Gasteiger partial charge in [-0.3, -0.25) is 9.59 Å². The predicted octanol–water partition coefficient (Wildman–Crippen LogP) is 3.40. The van der Waals surface area contributed by atoms with E-state index in [-0.39, 0.29) is 47.0 Å². The molecule has 0 atom stereocenters. The SMILES string of the molecule is COc1cc(C(=O)OCCCN2CCCN(CCCOC(=O)c3cc(OC)c(OC)c(OC)c3)CC2)cc(OC)c1OC.O=C1c2c(O)ccc(O)c2C(=O)c2c(NCCNCCO)ccc(NCCNCCO)c21. The molecule has 0 bridgehead atoms. The summed E-state index contributed by atoms with van der Waals surface area (Å²) >= 11 is 0. The first-order valence-electron chi connectivity index (χ1n) is 24.7. The molecular formula is C53H72N6O16. The summed E-state index contributed by atoms with van der Waals surface area (Å²) in [7, 11) is 9.04. The number of carbonyl (C=O) groups is 4. The lowest BCUT2D eigenvalue weighted by Gasteiger charge is -2.25. The zero-order chi connectivity index (χ0) is 54.3. The number of ether oxygens (including phenoxy) is 8. The number of aromatic hydroxyl groups is 2. The van der Waals surface area contributed by atoms with Crippen LogP contribution in [0.2, 0.25) is 0 Å². The van der Waals surface area contributed by atoms with Crippen molar-refractivity contribution >= 4 is 34.9 Å². The highest BCUT2D eigenvalue weighted by Gasteiger charge is 2.38. The molecule has 1 fully saturated rings. The third-order valence-electron chi connectivity index (χ3n) is 12.3. The summed E-state index contributed by atoms with van der Waals surface area (Å²) in [6.45, 7) is 8.91. The normalized spacial score (nSPS) is 13.3. The fourth-order valence-corrected chi connectivity index (χ4v) is 8.58. The summed E-state index contributed by atoms with van der Waals surface area (Å²) in [4.78, 5) is 56.8. The second-order valence-electron chi connectivity index (χ2n) is 17.1. The molecule has 0 unspecified atom stereocenters. The van der Waals surface area contributed by atoms with Gasteiger partial charge in [0.05, 0.1) is 102 Å². The molecule has 410 valence electrons. The molecule has 1 heterocycles. The molecule has 1 aliphatic heterocycles. The number of hydrogen-bond acceptors (Lipinski definition) is 22. The molecule has 4 aromatic carbocycles. The van der Waals surface area contributed by atoms with E-state index in [2.05, 4.69) is 31.1 Å². The molecule has 8 N–H and O–H groups in total. The van der Waals surface area contributed by atoms with Crippen molar-refractivity contribution in [2.24, 2.45) is 0 Å². The van der Waals surface area contributed by atoms with E-state index in [0.717, 1.165) is 58.5 Å². The number of ketones is 2. The van der Waals surface area contributed by atoms with E-state index in [1.807, 2.05) is 0 Å². The highest BCUT2D eigenvalue weighted by atomic mass is 16.5. The van der Waals surface area contributed by atoms with Crippen molar-refractivity contribution < 1.29 is 77.5 Å². The second-order valence-corrected chi connectivity index (χ2v) is 17.1. The Kier molecular flexibility index (Phi) is 23.8. The Labute approximate surface area is 437 Å². The van der Waals surface area contributed by atoms with Gasteiger partial charge in [0.15, 0.2) is 23.0 Å². The molecule has 2 aliphatic rings. The maximum absolute atomic E-state index is 13.4. The number of anilines is 2. The Morgan fingerprint density at radius 3 is 1.21 bits per heavy atom. The molecule has 1 saturated heterocycles. The number of benzene rings is 4. The van der Waals surface area contributed by atoms with Crippen LogP contribution in [0.5, 0.6) is 46.0 Å². The number of rotatable bonds is 28. The topological polar surface area (TPSA) is 278 Å². The summed E-state index contributed by atoms with van der Waals surface area (Å²) in [6.07, 6.45) is 2.50. The van der Waals surface area contributed by atoms with Crippen LogP contribution in [0.25, 0.3) is 0 Å². The van der Waals surface area contributed by atoms with Crippen LogP contribution in [-0.4, -0.2) is 201 Å². The van der Waals surface area contributed by atoms with Gasteiger partial charge in [0.2, 0.25) is 23.1 Å². The number of carbonyl (C=O) groups excluding carboxylic acids is 4. The highest BCUT2D eigenvalue weighted by molar-refractivity contribution is 6.33. The Morgan fingerprint density at radius 1 is 0.507 bits per heavy atom. The van der Waals surface area contributed by atoms with Crippen molar-refractivity contribution in [3.63, 3.8) is 0 Å². The number of nitrogens with zero attached hydrogens (tertiary/aromatic N) is 2. The Hall–Kier alpha value is -7.08. The standard InChI is InChI=1S/C31H44N2O10.C22H28N4O6/c1-36-24-18-22(19-25(37-2)28(24)40-5)30(34)42-16-8-12-32-10-7-11-33(15-14-32)13-9-17-43-31(35)23-20-26(38-3)29(41-6)27(21-23)39-4;27-11-9-23-5-7-25-13-1-2-14(26-8-6-24-10-12-28)18-17(13)21(31)19-15(29)3-4-16(30)20(19)22(18)32/h18-21H,7-17H2,1-6H3;1-4,23-30H,5-12H2. The molecule has 1 aliphatic carbocycles. The predicted molar refractivity (Wildman–Crippen MR) is 279 cm³/mol.